The molecule has 1 heterocycles. The van der Waals surface area contributed by atoms with Gasteiger partial charge < -0.3 is 15.8 Å². The lowest BCUT2D eigenvalue weighted by atomic mass is 9.96. The minimum atomic E-state index is -0.826. The summed E-state index contributed by atoms with van der Waals surface area (Å²) < 4.78 is 5.02. The fourth-order valence-corrected chi connectivity index (χ4v) is 1.68. The monoisotopic (exact) mass is 287 g/mol. The highest BCUT2D eigenvalue weighted by Gasteiger charge is 2.26. The number of methoxy groups -OCH3 is 1. The van der Waals surface area contributed by atoms with Crippen molar-refractivity contribution in [1.82, 2.24) is 10.3 Å². The van der Waals surface area contributed by atoms with Crippen LogP contribution in [0.2, 0.25) is 0 Å². The normalized spacial score (nSPS) is 13.1. The SMILES string of the molecule is CCCC(C)(N)C(=O)NCc1cccc(OC)n1.Cl. The van der Waals surface area contributed by atoms with Crippen molar-refractivity contribution in [1.29, 1.82) is 0 Å². The van der Waals surface area contributed by atoms with Gasteiger partial charge in [-0.15, -0.1) is 12.4 Å². The summed E-state index contributed by atoms with van der Waals surface area (Å²) in [5.41, 5.74) is 5.85. The Labute approximate surface area is 120 Å². The predicted octanol–water partition coefficient (Wildman–Crippen LogP) is 1.65. The molecule has 1 aromatic heterocycles. The third-order valence-corrected chi connectivity index (χ3v) is 2.71. The highest BCUT2D eigenvalue weighted by Crippen LogP contribution is 2.10. The van der Waals surface area contributed by atoms with Gasteiger partial charge in [0.2, 0.25) is 11.8 Å². The van der Waals surface area contributed by atoms with Gasteiger partial charge in [0, 0.05) is 6.07 Å². The van der Waals surface area contributed by atoms with Gasteiger partial charge in [0.25, 0.3) is 0 Å². The van der Waals surface area contributed by atoms with Crippen LogP contribution in [0, 0.1) is 0 Å². The molecule has 0 aromatic carbocycles. The quantitative estimate of drug-likeness (QED) is 0.834. The Morgan fingerprint density at radius 2 is 2.21 bits per heavy atom. The molecule has 0 saturated carbocycles. The molecule has 5 nitrogen and oxygen atoms in total. The van der Waals surface area contributed by atoms with E-state index in [0.717, 1.165) is 12.1 Å². The van der Waals surface area contributed by atoms with Gasteiger partial charge in [-0.05, 0) is 19.4 Å². The van der Waals surface area contributed by atoms with Gasteiger partial charge in [0.15, 0.2) is 0 Å². The van der Waals surface area contributed by atoms with Gasteiger partial charge in [-0.25, -0.2) is 4.98 Å². The molecule has 1 amide bonds. The molecule has 0 fully saturated rings. The van der Waals surface area contributed by atoms with Gasteiger partial charge >= 0.3 is 0 Å². The Bertz CT molecular complexity index is 411. The van der Waals surface area contributed by atoms with E-state index in [4.69, 9.17) is 10.5 Å². The first-order valence-electron chi connectivity index (χ1n) is 6.06. The largest absolute Gasteiger partial charge is 0.481 e. The lowest BCUT2D eigenvalue weighted by molar-refractivity contribution is -0.126. The van der Waals surface area contributed by atoms with Crippen LogP contribution in [-0.2, 0) is 11.3 Å². The molecule has 0 bridgehead atoms. The van der Waals surface area contributed by atoms with Crippen LogP contribution in [0.1, 0.15) is 32.4 Å². The van der Waals surface area contributed by atoms with E-state index >= 15 is 0 Å². The van der Waals surface area contributed by atoms with Gasteiger partial charge in [-0.3, -0.25) is 4.79 Å². The molecule has 3 N–H and O–H groups in total. The number of halogens is 1. The number of carbonyl (C=O) groups excluding carboxylic acids is 1. The molecule has 1 unspecified atom stereocenters. The van der Waals surface area contributed by atoms with E-state index in [2.05, 4.69) is 10.3 Å². The number of aromatic nitrogens is 1. The maximum Gasteiger partial charge on any atom is 0.240 e. The number of nitrogens with two attached hydrogens (primary N) is 1. The molecule has 1 rings (SSSR count). The topological polar surface area (TPSA) is 77.2 Å². The third kappa shape index (κ3) is 5.44. The Morgan fingerprint density at radius 1 is 1.53 bits per heavy atom. The van der Waals surface area contributed by atoms with Crippen molar-refractivity contribution in [3.05, 3.63) is 23.9 Å². The Morgan fingerprint density at radius 3 is 2.79 bits per heavy atom. The highest BCUT2D eigenvalue weighted by atomic mass is 35.5. The Kier molecular flexibility index (Phi) is 7.41. The molecule has 0 spiro atoms. The molecule has 1 atom stereocenters. The first kappa shape index (κ1) is 17.7. The molecule has 6 heteroatoms. The van der Waals surface area contributed by atoms with Crippen LogP contribution >= 0.6 is 12.4 Å². The van der Waals surface area contributed by atoms with Crippen molar-refractivity contribution in [2.24, 2.45) is 5.73 Å². The summed E-state index contributed by atoms with van der Waals surface area (Å²) in [6, 6.07) is 5.42. The van der Waals surface area contributed by atoms with Crippen molar-refractivity contribution in [2.75, 3.05) is 7.11 Å². The minimum Gasteiger partial charge on any atom is -0.481 e. The molecule has 0 radical (unpaired) electrons. The second-order valence-corrected chi connectivity index (χ2v) is 4.52. The number of hydrogen-bond donors (Lipinski definition) is 2. The molecule has 108 valence electrons. The number of pyridine rings is 1. The van der Waals surface area contributed by atoms with Crippen LogP contribution < -0.4 is 15.8 Å². The Hall–Kier alpha value is -1.33. The summed E-state index contributed by atoms with van der Waals surface area (Å²) in [5.74, 6) is 0.375. The summed E-state index contributed by atoms with van der Waals surface area (Å²) >= 11 is 0. The third-order valence-electron chi connectivity index (χ3n) is 2.71. The highest BCUT2D eigenvalue weighted by molar-refractivity contribution is 5.85. The summed E-state index contributed by atoms with van der Waals surface area (Å²) in [6.45, 7) is 4.10. The number of hydrogen-bond acceptors (Lipinski definition) is 4. The van der Waals surface area contributed by atoms with Crippen LogP contribution in [0.4, 0.5) is 0 Å². The van der Waals surface area contributed by atoms with Crippen LogP contribution in [0.25, 0.3) is 0 Å². The molecule has 0 saturated heterocycles. The average Bonchev–Trinajstić information content (AvgIpc) is 2.36. The zero-order valence-electron chi connectivity index (χ0n) is 11.6. The molecule has 0 aliphatic heterocycles. The van der Waals surface area contributed by atoms with Gasteiger partial charge in [-0.2, -0.15) is 0 Å². The second-order valence-electron chi connectivity index (χ2n) is 4.52. The van der Waals surface area contributed by atoms with E-state index in [1.165, 1.54) is 0 Å². The number of nitrogens with zero attached hydrogens (tertiary/aromatic N) is 1. The van der Waals surface area contributed by atoms with E-state index in [0.29, 0.717) is 18.8 Å². The van der Waals surface area contributed by atoms with Crippen molar-refractivity contribution in [2.45, 2.75) is 38.8 Å². The number of carbonyl (C=O) groups is 1. The lowest BCUT2D eigenvalue weighted by Crippen LogP contribution is -2.51. The van der Waals surface area contributed by atoms with Crippen molar-refractivity contribution < 1.29 is 9.53 Å². The zero-order valence-corrected chi connectivity index (χ0v) is 12.4. The smallest absolute Gasteiger partial charge is 0.240 e. The first-order valence-corrected chi connectivity index (χ1v) is 6.06. The number of nitrogens with one attached hydrogen (secondary N) is 1. The number of amides is 1. The van der Waals surface area contributed by atoms with E-state index in [9.17, 15) is 4.79 Å². The summed E-state index contributed by atoms with van der Waals surface area (Å²) in [6.07, 6.45) is 1.53. The van der Waals surface area contributed by atoms with Crippen LogP contribution in [-0.4, -0.2) is 23.5 Å². The minimum absolute atomic E-state index is 0. The maximum absolute atomic E-state index is 11.9. The molecular formula is C13H22ClN3O2. The second kappa shape index (κ2) is 7.96. The van der Waals surface area contributed by atoms with Crippen molar-refractivity contribution in [3.8, 4) is 5.88 Å². The predicted molar refractivity (Wildman–Crippen MR) is 77.4 cm³/mol. The molecule has 19 heavy (non-hydrogen) atoms. The summed E-state index contributed by atoms with van der Waals surface area (Å²) in [5, 5.41) is 2.79. The van der Waals surface area contributed by atoms with E-state index in [1.54, 1.807) is 20.1 Å². The fourth-order valence-electron chi connectivity index (χ4n) is 1.68. The standard InChI is InChI=1S/C13H21N3O2.ClH/c1-4-8-13(2,14)12(17)15-9-10-6-5-7-11(16-10)18-3;/h5-7H,4,8-9,14H2,1-3H3,(H,15,17);1H. The van der Waals surface area contributed by atoms with Gasteiger partial charge in [-0.1, -0.05) is 19.4 Å². The van der Waals surface area contributed by atoms with E-state index in [1.807, 2.05) is 19.1 Å². The van der Waals surface area contributed by atoms with Gasteiger partial charge in [0.05, 0.1) is 24.9 Å². The van der Waals surface area contributed by atoms with Crippen LogP contribution in [0.5, 0.6) is 5.88 Å². The Balaban J connectivity index is 0.00000324. The molecule has 0 aliphatic rings. The van der Waals surface area contributed by atoms with Crippen molar-refractivity contribution >= 4 is 18.3 Å². The van der Waals surface area contributed by atoms with Gasteiger partial charge in [0.1, 0.15) is 0 Å². The molecular weight excluding hydrogens is 266 g/mol. The molecule has 1 aromatic rings. The zero-order chi connectivity index (χ0) is 13.6. The van der Waals surface area contributed by atoms with Crippen LogP contribution in [0.3, 0.4) is 0 Å². The number of ether oxygens (including phenoxy) is 1. The average molecular weight is 288 g/mol. The lowest BCUT2D eigenvalue weighted by Gasteiger charge is -2.22. The molecule has 0 aliphatic carbocycles. The van der Waals surface area contributed by atoms with Crippen molar-refractivity contribution in [3.63, 3.8) is 0 Å². The van der Waals surface area contributed by atoms with Crippen LogP contribution in [0.15, 0.2) is 18.2 Å². The maximum atomic E-state index is 11.9. The summed E-state index contributed by atoms with van der Waals surface area (Å²) in [4.78, 5) is 16.1. The number of rotatable bonds is 6. The van der Waals surface area contributed by atoms with E-state index in [-0.39, 0.29) is 18.3 Å². The van der Waals surface area contributed by atoms with E-state index < -0.39 is 5.54 Å². The first-order chi connectivity index (χ1) is 8.49. The fraction of sp³-hybridized carbons (Fsp3) is 0.538. The summed E-state index contributed by atoms with van der Waals surface area (Å²) in [7, 11) is 1.56.